The number of benzene rings is 2. The summed E-state index contributed by atoms with van der Waals surface area (Å²) < 4.78 is 135. The number of halogens is 6. The highest BCUT2D eigenvalue weighted by atomic mass is 32.2. The van der Waals surface area contributed by atoms with Crippen molar-refractivity contribution in [3.8, 4) is 0 Å². The number of Topliss-reactive ketones (excluding diaryl/α,β-unsaturated/α-hetero) is 1. The maximum absolute atomic E-state index is 15.6. The van der Waals surface area contributed by atoms with E-state index in [1.807, 2.05) is 0 Å². The highest BCUT2D eigenvalue weighted by Crippen LogP contribution is 2.60. The third kappa shape index (κ3) is 4.88. The molecule has 1 aliphatic heterocycles. The topological polar surface area (TPSA) is 85.3 Å². The van der Waals surface area contributed by atoms with Gasteiger partial charge in [-0.2, -0.15) is 13.2 Å². The van der Waals surface area contributed by atoms with E-state index in [0.29, 0.717) is 6.92 Å². The first-order valence-corrected chi connectivity index (χ1v) is 17.0. The summed E-state index contributed by atoms with van der Waals surface area (Å²) in [5.74, 6) is -3.76. The molecule has 2 fully saturated rings. The third-order valence-electron chi connectivity index (χ3n) is 9.58. The molecule has 5 rings (SSSR count). The number of hydrogen-bond acceptors (Lipinski definition) is 5. The van der Waals surface area contributed by atoms with Gasteiger partial charge in [0.15, 0.2) is 31.1 Å². The summed E-state index contributed by atoms with van der Waals surface area (Å²) in [5, 5.41) is 0. The first-order valence-electron chi connectivity index (χ1n) is 13.7. The molecule has 230 valence electrons. The van der Waals surface area contributed by atoms with Crippen LogP contribution >= 0.6 is 0 Å². The molecule has 0 N–H and O–H groups in total. The molecule has 0 radical (unpaired) electrons. The highest BCUT2D eigenvalue weighted by molar-refractivity contribution is 7.92. The van der Waals surface area contributed by atoms with Crippen molar-refractivity contribution < 1.29 is 48.0 Å². The van der Waals surface area contributed by atoms with Gasteiger partial charge in [-0.25, -0.2) is 30.0 Å². The van der Waals surface area contributed by atoms with Gasteiger partial charge >= 0.3 is 6.18 Å². The third-order valence-corrected chi connectivity index (χ3v) is 13.8. The second kappa shape index (κ2) is 10.1. The van der Waals surface area contributed by atoms with E-state index in [-0.39, 0.29) is 48.1 Å². The van der Waals surface area contributed by atoms with Crippen molar-refractivity contribution in [3.05, 3.63) is 65.0 Å². The van der Waals surface area contributed by atoms with Crippen LogP contribution in [0, 0.1) is 17.7 Å². The van der Waals surface area contributed by atoms with Crippen molar-refractivity contribution >= 4 is 25.5 Å². The van der Waals surface area contributed by atoms with Gasteiger partial charge in [0.05, 0.1) is 16.4 Å². The second-order valence-electron chi connectivity index (χ2n) is 11.9. The SMILES string of the molecule is CC(F)(c1ccc2c(c1)CC[C@H]1[C@H](CC(=O)C3(F)CCS(=O)(=O)CC3)CC[C@@]21S(=O)(=O)c1ccc(F)cc1)C(F)(F)F. The smallest absolute Gasteiger partial charge is 0.296 e. The molecule has 2 aromatic rings. The lowest BCUT2D eigenvalue weighted by molar-refractivity contribution is -0.228. The molecule has 13 heteroatoms. The fourth-order valence-corrected chi connectivity index (χ4v) is 11.0. The summed E-state index contributed by atoms with van der Waals surface area (Å²) >= 11 is 0. The van der Waals surface area contributed by atoms with Gasteiger partial charge in [-0.15, -0.1) is 0 Å². The monoisotopic (exact) mass is 636 g/mol. The van der Waals surface area contributed by atoms with E-state index >= 15 is 4.39 Å². The second-order valence-corrected chi connectivity index (χ2v) is 16.4. The molecular weight excluding hydrogens is 606 g/mol. The van der Waals surface area contributed by atoms with E-state index in [2.05, 4.69) is 0 Å². The Morgan fingerprint density at radius 2 is 1.60 bits per heavy atom. The first kappa shape index (κ1) is 31.0. The van der Waals surface area contributed by atoms with Crippen LogP contribution in [0.2, 0.25) is 0 Å². The number of ketones is 1. The predicted molar refractivity (Wildman–Crippen MR) is 142 cm³/mol. The van der Waals surface area contributed by atoms with Crippen molar-refractivity contribution in [1.82, 2.24) is 0 Å². The Morgan fingerprint density at radius 1 is 0.976 bits per heavy atom. The quantitative estimate of drug-likeness (QED) is 0.283. The molecule has 0 aromatic heterocycles. The van der Waals surface area contributed by atoms with Gasteiger partial charge in [-0.1, -0.05) is 18.2 Å². The highest BCUT2D eigenvalue weighted by Gasteiger charge is 2.61. The number of aryl methyl sites for hydroxylation is 1. The largest absolute Gasteiger partial charge is 0.426 e. The zero-order valence-corrected chi connectivity index (χ0v) is 24.3. The number of carbonyl (C=O) groups is 1. The van der Waals surface area contributed by atoms with E-state index in [9.17, 15) is 43.6 Å². The van der Waals surface area contributed by atoms with E-state index in [1.54, 1.807) is 0 Å². The number of rotatable bonds is 6. The Balaban J connectivity index is 1.57. The van der Waals surface area contributed by atoms with E-state index in [0.717, 1.165) is 36.4 Å². The first-order chi connectivity index (χ1) is 19.3. The number of hydrogen-bond donors (Lipinski definition) is 0. The standard InChI is InChI=1S/C29H30F6O5S2/c1-26(31,29(33,34)35)20-3-9-24-18(16-20)2-8-23-19(17-25(36)27(32)12-14-41(37,38)15-13-27)10-11-28(23,24)42(39,40)22-6-4-21(30)5-7-22/h3-7,9,16,19,23H,2,8,10-15,17H2,1H3/t19-,23-,26?,28-/m0/s1. The van der Waals surface area contributed by atoms with Crippen LogP contribution in [-0.4, -0.2) is 46.0 Å². The molecule has 0 bridgehead atoms. The summed E-state index contributed by atoms with van der Waals surface area (Å²) in [5.41, 5.74) is -6.28. The van der Waals surface area contributed by atoms with Gasteiger partial charge in [0, 0.05) is 19.3 Å². The molecule has 1 unspecified atom stereocenters. The van der Waals surface area contributed by atoms with Gasteiger partial charge in [-0.3, -0.25) is 4.79 Å². The Hall–Kier alpha value is -2.41. The van der Waals surface area contributed by atoms with Crippen LogP contribution in [0.15, 0.2) is 47.4 Å². The minimum absolute atomic E-state index is 0.0402. The molecule has 42 heavy (non-hydrogen) atoms. The van der Waals surface area contributed by atoms with Crippen LogP contribution in [0.5, 0.6) is 0 Å². The van der Waals surface area contributed by atoms with E-state index in [4.69, 9.17) is 0 Å². The average molecular weight is 637 g/mol. The molecule has 3 aliphatic rings. The number of fused-ring (bicyclic) bond motifs is 3. The molecule has 1 saturated carbocycles. The van der Waals surface area contributed by atoms with Gasteiger partial charge in [0.1, 0.15) is 10.6 Å². The van der Waals surface area contributed by atoms with E-state index in [1.165, 1.54) is 6.07 Å². The van der Waals surface area contributed by atoms with Gasteiger partial charge < -0.3 is 0 Å². The molecule has 0 amide bonds. The summed E-state index contributed by atoms with van der Waals surface area (Å²) in [4.78, 5) is 13.0. The Bertz CT molecular complexity index is 1600. The van der Waals surface area contributed by atoms with Crippen LogP contribution in [-0.2, 0) is 41.3 Å². The van der Waals surface area contributed by atoms with Crippen molar-refractivity contribution in [2.75, 3.05) is 11.5 Å². The normalized spacial score (nSPS) is 28.4. The van der Waals surface area contributed by atoms with Crippen molar-refractivity contribution in [2.45, 2.75) is 79.0 Å². The number of alkyl halides is 5. The van der Waals surface area contributed by atoms with Crippen LogP contribution in [0.25, 0.3) is 0 Å². The molecule has 0 spiro atoms. The summed E-state index contributed by atoms with van der Waals surface area (Å²) in [7, 11) is -7.81. The number of sulfone groups is 2. The number of carbonyl (C=O) groups excluding carboxylic acids is 1. The fourth-order valence-electron chi connectivity index (χ4n) is 7.06. The molecule has 1 saturated heterocycles. The minimum Gasteiger partial charge on any atom is -0.296 e. The maximum atomic E-state index is 15.6. The van der Waals surface area contributed by atoms with Crippen molar-refractivity contribution in [3.63, 3.8) is 0 Å². The molecule has 2 aliphatic carbocycles. The maximum Gasteiger partial charge on any atom is 0.426 e. The lowest BCUT2D eigenvalue weighted by Crippen LogP contribution is -2.46. The summed E-state index contributed by atoms with van der Waals surface area (Å²) in [6, 6.07) is 7.31. The fraction of sp³-hybridized carbons (Fsp3) is 0.552. The van der Waals surface area contributed by atoms with Gasteiger partial charge in [0.2, 0.25) is 5.67 Å². The Kier molecular flexibility index (Phi) is 7.44. The lowest BCUT2D eigenvalue weighted by Gasteiger charge is -2.43. The molecule has 2 aromatic carbocycles. The van der Waals surface area contributed by atoms with Crippen LogP contribution in [0.4, 0.5) is 26.3 Å². The Labute approximate surface area is 240 Å². The molecule has 4 atom stereocenters. The van der Waals surface area contributed by atoms with E-state index < -0.39 is 95.3 Å². The zero-order chi connectivity index (χ0) is 30.9. The van der Waals surface area contributed by atoms with Crippen molar-refractivity contribution in [2.24, 2.45) is 11.8 Å². The average Bonchev–Trinajstić information content (AvgIpc) is 3.30. The van der Waals surface area contributed by atoms with Gasteiger partial charge in [-0.05, 0) is 85.4 Å². The van der Waals surface area contributed by atoms with Crippen LogP contribution < -0.4 is 0 Å². The molecular formula is C29H30F6O5S2. The predicted octanol–water partition coefficient (Wildman–Crippen LogP) is 6.09. The molecule has 5 nitrogen and oxygen atoms in total. The van der Waals surface area contributed by atoms with Crippen LogP contribution in [0.1, 0.15) is 62.1 Å². The zero-order valence-electron chi connectivity index (χ0n) is 22.7. The van der Waals surface area contributed by atoms with Gasteiger partial charge in [0.25, 0.3) is 0 Å². The summed E-state index contributed by atoms with van der Waals surface area (Å²) in [6.45, 7) is 0.395. The Morgan fingerprint density at radius 3 is 2.19 bits per heavy atom. The van der Waals surface area contributed by atoms with Crippen molar-refractivity contribution in [1.29, 1.82) is 0 Å². The minimum atomic E-state index is -5.21. The van der Waals surface area contributed by atoms with Crippen LogP contribution in [0.3, 0.4) is 0 Å². The lowest BCUT2D eigenvalue weighted by atomic mass is 9.71. The summed E-state index contributed by atoms with van der Waals surface area (Å²) in [6.07, 6.45) is -6.13. The molecule has 1 heterocycles.